The van der Waals surface area contributed by atoms with Crippen molar-refractivity contribution in [2.75, 3.05) is 11.9 Å². The van der Waals surface area contributed by atoms with Gasteiger partial charge in [0.25, 0.3) is 0 Å². The molecule has 0 fully saturated rings. The number of nitrogens with zero attached hydrogens (tertiary/aromatic N) is 1. The standard InChI is InChI=1S/C18H26NO2.2Li/c1-10(2)11(3)9-16-14(6)12(4)13(5)15(7)17(16)19(8)18(20)21;;/h1,9H2,2-8H3,(H,20,21);;/q-1;2*+1/p-1/b11-10-;;. The second-order valence-electron chi connectivity index (χ2n) is 5.89. The molecular formula is C18H25Li2NO2. The number of rotatable bonds is 3. The Labute approximate surface area is 164 Å². The molecule has 5 heteroatoms. The summed E-state index contributed by atoms with van der Waals surface area (Å²) < 4.78 is 0. The molecule has 0 bridgehead atoms. The second kappa shape index (κ2) is 9.56. The van der Waals surface area contributed by atoms with E-state index in [-0.39, 0.29) is 37.7 Å². The SMILES string of the molecule is [CH2-]/C(C)=C(\C)Cc1c(C)c(C)c(C)c(C)c1N(C)C(=O)[O-].[Li+].[Li+]. The summed E-state index contributed by atoms with van der Waals surface area (Å²) in [6.07, 6.45) is -0.481. The Morgan fingerprint density at radius 2 is 1.43 bits per heavy atom. The molecule has 23 heavy (non-hydrogen) atoms. The van der Waals surface area contributed by atoms with Crippen LogP contribution < -0.4 is 47.7 Å². The minimum Gasteiger partial charge on any atom is -0.530 e. The van der Waals surface area contributed by atoms with E-state index in [0.29, 0.717) is 6.42 Å². The molecule has 0 aliphatic rings. The maximum Gasteiger partial charge on any atom is 1.00 e. The van der Waals surface area contributed by atoms with Crippen molar-refractivity contribution >= 4 is 11.8 Å². The van der Waals surface area contributed by atoms with Crippen LogP contribution in [0, 0.1) is 34.6 Å². The normalized spacial score (nSPS) is 11.1. The van der Waals surface area contributed by atoms with Gasteiger partial charge in [0.05, 0.1) is 0 Å². The van der Waals surface area contributed by atoms with Gasteiger partial charge in [-0.25, -0.2) is 18.1 Å². The first-order valence-corrected chi connectivity index (χ1v) is 7.11. The number of carbonyl (C=O) groups excluding carboxylic acids is 1. The van der Waals surface area contributed by atoms with Crippen LogP contribution in [0.3, 0.4) is 0 Å². The quantitative estimate of drug-likeness (QED) is 0.455. The van der Waals surface area contributed by atoms with Gasteiger partial charge in [0.1, 0.15) is 6.09 Å². The van der Waals surface area contributed by atoms with Gasteiger partial charge in [-0.15, -0.1) is 6.92 Å². The van der Waals surface area contributed by atoms with Gasteiger partial charge in [-0.3, -0.25) is 0 Å². The van der Waals surface area contributed by atoms with Gasteiger partial charge in [0.15, 0.2) is 0 Å². The molecule has 0 spiro atoms. The van der Waals surface area contributed by atoms with Crippen molar-refractivity contribution in [3.05, 3.63) is 45.9 Å². The van der Waals surface area contributed by atoms with Crippen molar-refractivity contribution in [3.63, 3.8) is 0 Å². The fraction of sp³-hybridized carbons (Fsp3) is 0.444. The van der Waals surface area contributed by atoms with Crippen LogP contribution in [-0.2, 0) is 6.42 Å². The maximum atomic E-state index is 11.3. The molecule has 1 amide bonds. The molecular weight excluding hydrogens is 276 g/mol. The zero-order chi connectivity index (χ0) is 16.5. The van der Waals surface area contributed by atoms with Crippen LogP contribution in [0.4, 0.5) is 10.5 Å². The Balaban J connectivity index is 0. The predicted octanol–water partition coefficient (Wildman–Crippen LogP) is -2.58. The summed E-state index contributed by atoms with van der Waals surface area (Å²) in [4.78, 5) is 12.5. The largest absolute Gasteiger partial charge is 1.00 e. The summed E-state index contributed by atoms with van der Waals surface area (Å²) in [5.74, 6) is 0. The van der Waals surface area contributed by atoms with E-state index in [1.54, 1.807) is 7.05 Å². The molecule has 1 aromatic rings. The number of hydrogen-bond acceptors (Lipinski definition) is 2. The fourth-order valence-corrected chi connectivity index (χ4v) is 2.55. The zero-order valence-electron chi connectivity index (χ0n) is 16.2. The third-order valence-corrected chi connectivity index (χ3v) is 4.56. The molecule has 1 rings (SSSR count). The van der Waals surface area contributed by atoms with Crippen LogP contribution in [0.2, 0.25) is 0 Å². The summed E-state index contributed by atoms with van der Waals surface area (Å²) >= 11 is 0. The molecule has 1 aromatic carbocycles. The van der Waals surface area contributed by atoms with Crippen LogP contribution in [0.25, 0.3) is 0 Å². The molecule has 0 N–H and O–H groups in total. The molecule has 0 saturated heterocycles. The summed E-state index contributed by atoms with van der Waals surface area (Å²) in [5, 5.41) is 11.3. The average Bonchev–Trinajstić information content (AvgIpc) is 2.41. The Morgan fingerprint density at radius 3 is 1.83 bits per heavy atom. The van der Waals surface area contributed by atoms with E-state index in [0.717, 1.165) is 39.1 Å². The number of hydrogen-bond donors (Lipinski definition) is 0. The van der Waals surface area contributed by atoms with Gasteiger partial charge < -0.3 is 14.8 Å². The Hall–Kier alpha value is -0.705. The van der Waals surface area contributed by atoms with Crippen molar-refractivity contribution in [1.82, 2.24) is 0 Å². The first-order valence-electron chi connectivity index (χ1n) is 7.11. The monoisotopic (exact) mass is 301 g/mol. The average molecular weight is 301 g/mol. The fourth-order valence-electron chi connectivity index (χ4n) is 2.55. The van der Waals surface area contributed by atoms with Gasteiger partial charge in [-0.1, -0.05) is 13.3 Å². The maximum absolute atomic E-state index is 11.3. The minimum absolute atomic E-state index is 0. The Bertz CT molecular complexity index is 618. The third-order valence-electron chi connectivity index (χ3n) is 4.56. The molecule has 0 aromatic heterocycles. The summed E-state index contributed by atoms with van der Waals surface area (Å²) in [5.41, 5.74) is 8.45. The summed E-state index contributed by atoms with van der Waals surface area (Å²) in [7, 11) is 1.55. The molecule has 3 nitrogen and oxygen atoms in total. The number of allylic oxidation sites excluding steroid dienone is 2. The van der Waals surface area contributed by atoms with Crippen LogP contribution in [0.1, 0.15) is 41.7 Å². The molecule has 0 aliphatic heterocycles. The van der Waals surface area contributed by atoms with E-state index in [9.17, 15) is 9.90 Å². The van der Waals surface area contributed by atoms with Crippen LogP contribution >= 0.6 is 0 Å². The molecule has 0 unspecified atom stereocenters. The molecule has 0 saturated carbocycles. The number of amides is 1. The van der Waals surface area contributed by atoms with Crippen LogP contribution in [0.5, 0.6) is 0 Å². The number of carboxylic acid groups (broad SMARTS) is 1. The third kappa shape index (κ3) is 5.13. The number of benzene rings is 1. The first kappa shape index (κ1) is 24.5. The van der Waals surface area contributed by atoms with E-state index in [1.165, 1.54) is 10.5 Å². The van der Waals surface area contributed by atoms with E-state index < -0.39 is 6.09 Å². The molecule has 0 radical (unpaired) electrons. The van der Waals surface area contributed by atoms with Crippen molar-refractivity contribution in [2.24, 2.45) is 0 Å². The Morgan fingerprint density at radius 1 is 1.00 bits per heavy atom. The van der Waals surface area contributed by atoms with Gasteiger partial charge >= 0.3 is 37.7 Å². The van der Waals surface area contributed by atoms with Crippen molar-refractivity contribution in [2.45, 2.75) is 48.0 Å². The zero-order valence-corrected chi connectivity index (χ0v) is 16.2. The van der Waals surface area contributed by atoms with E-state index in [4.69, 9.17) is 0 Å². The van der Waals surface area contributed by atoms with Gasteiger partial charge in [-0.2, -0.15) is 0 Å². The predicted molar refractivity (Wildman–Crippen MR) is 86.6 cm³/mol. The van der Waals surface area contributed by atoms with E-state index in [1.807, 2.05) is 27.7 Å². The molecule has 116 valence electrons. The van der Waals surface area contributed by atoms with Gasteiger partial charge in [0, 0.05) is 12.7 Å². The van der Waals surface area contributed by atoms with Gasteiger partial charge in [0.2, 0.25) is 0 Å². The Kier molecular flexibility index (Phi) is 10.2. The molecule has 0 aliphatic carbocycles. The van der Waals surface area contributed by atoms with Gasteiger partial charge in [-0.05, 0) is 55.5 Å². The minimum atomic E-state index is -1.19. The summed E-state index contributed by atoms with van der Waals surface area (Å²) in [6.45, 7) is 16.1. The number of carbonyl (C=O) groups is 1. The van der Waals surface area contributed by atoms with Crippen LogP contribution in [-0.4, -0.2) is 13.1 Å². The smallest absolute Gasteiger partial charge is 0.530 e. The molecule has 0 atom stereocenters. The molecule has 0 heterocycles. The second-order valence-corrected chi connectivity index (χ2v) is 5.89. The van der Waals surface area contributed by atoms with Crippen molar-refractivity contribution < 1.29 is 47.6 Å². The van der Waals surface area contributed by atoms with E-state index in [2.05, 4.69) is 20.8 Å². The topological polar surface area (TPSA) is 43.4 Å². The van der Waals surface area contributed by atoms with E-state index >= 15 is 0 Å². The van der Waals surface area contributed by atoms with Crippen molar-refractivity contribution in [3.8, 4) is 0 Å². The first-order chi connectivity index (χ1) is 9.59. The summed E-state index contributed by atoms with van der Waals surface area (Å²) in [6, 6.07) is 0. The van der Waals surface area contributed by atoms with Crippen molar-refractivity contribution in [1.29, 1.82) is 0 Å². The number of anilines is 1. The van der Waals surface area contributed by atoms with Crippen LogP contribution in [0.15, 0.2) is 11.1 Å².